The van der Waals surface area contributed by atoms with E-state index in [0.717, 1.165) is 16.1 Å². The number of halogens is 2. The molecule has 0 unspecified atom stereocenters. The van der Waals surface area contributed by atoms with Gasteiger partial charge in [0.1, 0.15) is 18.9 Å². The third-order valence-corrected chi connectivity index (χ3v) is 5.05. The van der Waals surface area contributed by atoms with Gasteiger partial charge in [-0.25, -0.2) is 13.8 Å². The monoisotopic (exact) mass is 455 g/mol. The topological polar surface area (TPSA) is 88.1 Å². The van der Waals surface area contributed by atoms with Gasteiger partial charge in [-0.1, -0.05) is 35.9 Å². The van der Waals surface area contributed by atoms with Crippen LogP contribution < -0.4 is 14.5 Å². The Hall–Kier alpha value is -2.55. The molecule has 29 heavy (non-hydrogen) atoms. The molecule has 154 valence electrons. The number of nitrogens with one attached hydrogen (secondary N) is 1. The van der Waals surface area contributed by atoms with Crippen LogP contribution in [0.2, 0.25) is 10.0 Å². The summed E-state index contributed by atoms with van der Waals surface area (Å²) in [5.74, 6) is 0.0452. The highest BCUT2D eigenvalue weighted by molar-refractivity contribution is 7.92. The quantitative estimate of drug-likeness (QED) is 0.356. The van der Waals surface area contributed by atoms with E-state index in [0.29, 0.717) is 12.4 Å². The van der Waals surface area contributed by atoms with Crippen molar-refractivity contribution < 1.29 is 17.9 Å². The van der Waals surface area contributed by atoms with Gasteiger partial charge in [-0.05, 0) is 48.0 Å². The molecule has 2 aromatic carbocycles. The fourth-order valence-electron chi connectivity index (χ4n) is 2.23. The van der Waals surface area contributed by atoms with Crippen molar-refractivity contribution in [2.24, 2.45) is 5.10 Å². The zero-order valence-electron chi connectivity index (χ0n) is 15.5. The Balaban J connectivity index is 2.03. The molecule has 0 aliphatic carbocycles. The maximum atomic E-state index is 12.2. The first-order chi connectivity index (χ1) is 13.7. The molecule has 0 saturated carbocycles. The molecule has 1 N–H and O–H groups in total. The van der Waals surface area contributed by atoms with E-state index in [1.165, 1.54) is 24.4 Å². The maximum Gasteiger partial charge on any atom is 0.260 e. The molecule has 0 spiro atoms. The Labute approximate surface area is 179 Å². The van der Waals surface area contributed by atoms with E-state index in [9.17, 15) is 13.2 Å². The molecule has 2 rings (SSSR count). The summed E-state index contributed by atoms with van der Waals surface area (Å²) < 4.78 is 30.5. The molecule has 2 aromatic rings. The molecule has 0 aliphatic heterocycles. The third-order valence-electron chi connectivity index (χ3n) is 3.47. The van der Waals surface area contributed by atoms with Crippen molar-refractivity contribution in [3.05, 3.63) is 70.7 Å². The molecule has 0 bridgehead atoms. The van der Waals surface area contributed by atoms with Gasteiger partial charge in [0.2, 0.25) is 10.0 Å². The summed E-state index contributed by atoms with van der Waals surface area (Å²) in [4.78, 5) is 12.2. The van der Waals surface area contributed by atoms with E-state index in [2.05, 4.69) is 17.1 Å². The van der Waals surface area contributed by atoms with Crippen molar-refractivity contribution >= 4 is 51.0 Å². The second-order valence-corrected chi connectivity index (χ2v) is 8.64. The SMILES string of the molecule is C=CCOc1ccc(/C=N\NC(=O)CN(c2cc(Cl)cc(Cl)c2)S(C)(=O)=O)cc1. The van der Waals surface area contributed by atoms with Crippen LogP contribution >= 0.6 is 23.2 Å². The lowest BCUT2D eigenvalue weighted by atomic mass is 10.2. The molecule has 0 heterocycles. The fraction of sp³-hybridized carbons (Fsp3) is 0.158. The summed E-state index contributed by atoms with van der Waals surface area (Å²) >= 11 is 11.9. The van der Waals surface area contributed by atoms with Crippen molar-refractivity contribution in [3.63, 3.8) is 0 Å². The first-order valence-electron chi connectivity index (χ1n) is 8.28. The Morgan fingerprint density at radius 1 is 1.21 bits per heavy atom. The van der Waals surface area contributed by atoms with Gasteiger partial charge < -0.3 is 4.74 Å². The van der Waals surface area contributed by atoms with Crippen LogP contribution in [0.5, 0.6) is 5.75 Å². The zero-order valence-corrected chi connectivity index (χ0v) is 17.8. The van der Waals surface area contributed by atoms with Crippen molar-refractivity contribution in [2.75, 3.05) is 23.7 Å². The van der Waals surface area contributed by atoms with Crippen LogP contribution in [0.1, 0.15) is 5.56 Å². The Bertz CT molecular complexity index is 988. The van der Waals surface area contributed by atoms with Crippen LogP contribution in [0.4, 0.5) is 5.69 Å². The van der Waals surface area contributed by atoms with Gasteiger partial charge in [-0.3, -0.25) is 9.10 Å². The van der Waals surface area contributed by atoms with Gasteiger partial charge in [0.05, 0.1) is 18.2 Å². The normalized spacial score (nSPS) is 11.3. The second kappa shape index (κ2) is 10.3. The summed E-state index contributed by atoms with van der Waals surface area (Å²) in [5, 5.41) is 4.34. The number of anilines is 1. The number of carbonyl (C=O) groups is 1. The van der Waals surface area contributed by atoms with Gasteiger partial charge in [0.25, 0.3) is 5.91 Å². The number of hydrogen-bond acceptors (Lipinski definition) is 5. The first-order valence-corrected chi connectivity index (χ1v) is 10.9. The van der Waals surface area contributed by atoms with Gasteiger partial charge in [-0.2, -0.15) is 5.10 Å². The maximum absolute atomic E-state index is 12.2. The van der Waals surface area contributed by atoms with Crippen LogP contribution in [0.15, 0.2) is 60.2 Å². The molecule has 0 aliphatic rings. The summed E-state index contributed by atoms with van der Waals surface area (Å²) in [6.07, 6.45) is 4.05. The molecule has 1 amide bonds. The fourth-order valence-corrected chi connectivity index (χ4v) is 3.59. The van der Waals surface area contributed by atoms with Crippen LogP contribution in [0, 0.1) is 0 Å². The predicted octanol–water partition coefficient (Wildman–Crippen LogP) is 3.47. The Kier molecular flexibility index (Phi) is 8.07. The van der Waals surface area contributed by atoms with Gasteiger partial charge in [-0.15, -0.1) is 0 Å². The Morgan fingerprint density at radius 3 is 2.38 bits per heavy atom. The number of sulfonamides is 1. The van der Waals surface area contributed by atoms with Crippen molar-refractivity contribution in [1.29, 1.82) is 0 Å². The van der Waals surface area contributed by atoms with Crippen LogP contribution in [-0.2, 0) is 14.8 Å². The van der Waals surface area contributed by atoms with Crippen molar-refractivity contribution in [1.82, 2.24) is 5.43 Å². The third kappa shape index (κ3) is 7.41. The van der Waals surface area contributed by atoms with Crippen LogP contribution in [0.25, 0.3) is 0 Å². The summed E-state index contributed by atoms with van der Waals surface area (Å²) in [6, 6.07) is 11.3. The number of nitrogens with zero attached hydrogens (tertiary/aromatic N) is 2. The minimum atomic E-state index is -3.75. The lowest BCUT2D eigenvalue weighted by molar-refractivity contribution is -0.119. The Morgan fingerprint density at radius 2 is 1.83 bits per heavy atom. The number of ether oxygens (including phenoxy) is 1. The number of hydrazone groups is 1. The van der Waals surface area contributed by atoms with Gasteiger partial charge in [0.15, 0.2) is 0 Å². The molecule has 0 saturated heterocycles. The van der Waals surface area contributed by atoms with E-state index in [-0.39, 0.29) is 15.7 Å². The number of rotatable bonds is 9. The van der Waals surface area contributed by atoms with Crippen molar-refractivity contribution in [2.45, 2.75) is 0 Å². The highest BCUT2D eigenvalue weighted by Gasteiger charge is 2.21. The van der Waals surface area contributed by atoms with E-state index >= 15 is 0 Å². The van der Waals surface area contributed by atoms with E-state index in [1.54, 1.807) is 30.3 Å². The molecule has 10 heteroatoms. The molecule has 0 fully saturated rings. The highest BCUT2D eigenvalue weighted by atomic mass is 35.5. The minimum absolute atomic E-state index is 0.180. The average molecular weight is 456 g/mol. The van der Waals surface area contributed by atoms with Gasteiger partial charge >= 0.3 is 0 Å². The molecule has 0 radical (unpaired) electrons. The molecule has 0 aromatic heterocycles. The second-order valence-electron chi connectivity index (χ2n) is 5.86. The van der Waals surface area contributed by atoms with E-state index in [4.69, 9.17) is 27.9 Å². The first kappa shape index (κ1) is 22.7. The molecular formula is C19H19Cl2N3O4S. The number of benzene rings is 2. The highest BCUT2D eigenvalue weighted by Crippen LogP contribution is 2.26. The van der Waals surface area contributed by atoms with Crippen molar-refractivity contribution in [3.8, 4) is 5.75 Å². The lowest BCUT2D eigenvalue weighted by Gasteiger charge is -2.21. The molecular weight excluding hydrogens is 437 g/mol. The minimum Gasteiger partial charge on any atom is -0.490 e. The largest absolute Gasteiger partial charge is 0.490 e. The summed E-state index contributed by atoms with van der Waals surface area (Å²) in [6.45, 7) is 3.49. The lowest BCUT2D eigenvalue weighted by Crippen LogP contribution is -2.39. The van der Waals surface area contributed by atoms with Gasteiger partial charge in [0, 0.05) is 10.0 Å². The van der Waals surface area contributed by atoms with Crippen LogP contribution in [-0.4, -0.2) is 39.9 Å². The number of carbonyl (C=O) groups excluding carboxylic acids is 1. The predicted molar refractivity (Wildman–Crippen MR) is 117 cm³/mol. The van der Waals surface area contributed by atoms with E-state index < -0.39 is 22.5 Å². The summed E-state index contributed by atoms with van der Waals surface area (Å²) in [7, 11) is -3.75. The molecule has 7 nitrogen and oxygen atoms in total. The zero-order chi connectivity index (χ0) is 21.4. The number of hydrogen-bond donors (Lipinski definition) is 1. The molecule has 0 atom stereocenters. The van der Waals surface area contributed by atoms with Crippen LogP contribution in [0.3, 0.4) is 0 Å². The smallest absolute Gasteiger partial charge is 0.260 e. The summed E-state index contributed by atoms with van der Waals surface area (Å²) in [5.41, 5.74) is 3.20. The standard InChI is InChI=1S/C19H19Cl2N3O4S/c1-3-8-28-18-6-4-14(5-7-18)12-22-23-19(25)13-24(29(2,26)27)17-10-15(20)9-16(21)11-17/h3-7,9-12H,1,8,13H2,2H3,(H,23,25)/b22-12-. The average Bonchev–Trinajstić information content (AvgIpc) is 2.63. The number of amides is 1. The van der Waals surface area contributed by atoms with E-state index in [1.807, 2.05) is 0 Å².